The first kappa shape index (κ1) is 16.3. The van der Waals surface area contributed by atoms with E-state index in [-0.39, 0.29) is 5.91 Å². The maximum absolute atomic E-state index is 11.9. The fraction of sp³-hybridized carbons (Fsp3) is 0.176. The third-order valence-electron chi connectivity index (χ3n) is 3.35. The summed E-state index contributed by atoms with van der Waals surface area (Å²) in [4.78, 5) is 20.2. The summed E-state index contributed by atoms with van der Waals surface area (Å²) in [6.45, 7) is 0.459. The first-order valence-corrected chi connectivity index (χ1v) is 8.24. The number of carbonyl (C=O) groups excluding carboxylic acids is 1. The summed E-state index contributed by atoms with van der Waals surface area (Å²) in [6.07, 6.45) is 4.12. The Hall–Kier alpha value is -2.54. The average molecular weight is 387 g/mol. The Morgan fingerprint density at radius 1 is 1.21 bits per heavy atom. The van der Waals surface area contributed by atoms with Gasteiger partial charge in [0.2, 0.25) is 17.6 Å². The van der Waals surface area contributed by atoms with Crippen molar-refractivity contribution in [2.75, 3.05) is 0 Å². The molecule has 0 aliphatic rings. The van der Waals surface area contributed by atoms with Crippen LogP contribution in [0.2, 0.25) is 0 Å². The Bertz CT molecular complexity index is 803. The van der Waals surface area contributed by atoms with Crippen LogP contribution in [0.3, 0.4) is 0 Å². The summed E-state index contributed by atoms with van der Waals surface area (Å²) in [5.41, 5.74) is 1.83. The fourth-order valence-corrected chi connectivity index (χ4v) is 2.35. The fourth-order valence-electron chi connectivity index (χ4n) is 2.08. The number of nitrogens with one attached hydrogen (secondary N) is 1. The second-order valence-corrected chi connectivity index (χ2v) is 6.07. The van der Waals surface area contributed by atoms with Crippen LogP contribution < -0.4 is 5.32 Å². The topological polar surface area (TPSA) is 80.9 Å². The van der Waals surface area contributed by atoms with Crippen molar-refractivity contribution >= 4 is 21.8 Å². The standard InChI is InChI=1S/C17H15BrN4O2/c18-14-5-3-13(4-6-14)17-21-16(24-22-17)8-7-15(23)20-11-12-2-1-9-19-10-12/h1-6,9-10H,7-8,11H2,(H,20,23). The van der Waals surface area contributed by atoms with Gasteiger partial charge in [-0.1, -0.05) is 27.2 Å². The van der Waals surface area contributed by atoms with E-state index in [1.165, 1.54) is 0 Å². The third-order valence-corrected chi connectivity index (χ3v) is 3.88. The number of aromatic nitrogens is 3. The van der Waals surface area contributed by atoms with Crippen LogP contribution in [0.15, 0.2) is 57.8 Å². The second-order valence-electron chi connectivity index (χ2n) is 5.16. The predicted molar refractivity (Wildman–Crippen MR) is 91.8 cm³/mol. The van der Waals surface area contributed by atoms with Crippen molar-refractivity contribution in [1.82, 2.24) is 20.4 Å². The lowest BCUT2D eigenvalue weighted by Crippen LogP contribution is -2.23. The van der Waals surface area contributed by atoms with Crippen molar-refractivity contribution in [1.29, 1.82) is 0 Å². The zero-order valence-corrected chi connectivity index (χ0v) is 14.4. The Morgan fingerprint density at radius 3 is 2.79 bits per heavy atom. The quantitative estimate of drug-likeness (QED) is 0.703. The molecule has 6 nitrogen and oxygen atoms in total. The molecular formula is C17H15BrN4O2. The van der Waals surface area contributed by atoms with Gasteiger partial charge in [-0.2, -0.15) is 4.98 Å². The van der Waals surface area contributed by atoms with Gasteiger partial charge in [0.25, 0.3) is 0 Å². The number of benzene rings is 1. The van der Waals surface area contributed by atoms with Crippen molar-refractivity contribution in [3.05, 3.63) is 64.7 Å². The molecule has 0 radical (unpaired) electrons. The summed E-state index contributed by atoms with van der Waals surface area (Å²) >= 11 is 3.38. The molecule has 0 aliphatic carbocycles. The zero-order valence-electron chi connectivity index (χ0n) is 12.8. The summed E-state index contributed by atoms with van der Waals surface area (Å²) in [7, 11) is 0. The van der Waals surface area contributed by atoms with Gasteiger partial charge in [-0.25, -0.2) is 0 Å². The van der Waals surface area contributed by atoms with E-state index < -0.39 is 0 Å². The van der Waals surface area contributed by atoms with Crippen LogP contribution in [0.4, 0.5) is 0 Å². The van der Waals surface area contributed by atoms with Gasteiger partial charge in [-0.3, -0.25) is 9.78 Å². The van der Waals surface area contributed by atoms with E-state index in [4.69, 9.17) is 4.52 Å². The molecule has 0 aliphatic heterocycles. The van der Waals surface area contributed by atoms with Gasteiger partial charge in [-0.05, 0) is 35.9 Å². The highest BCUT2D eigenvalue weighted by Gasteiger charge is 2.10. The molecule has 0 atom stereocenters. The number of aryl methyl sites for hydroxylation is 1. The van der Waals surface area contributed by atoms with E-state index in [0.29, 0.717) is 31.1 Å². The van der Waals surface area contributed by atoms with Crippen molar-refractivity contribution < 1.29 is 9.32 Å². The lowest BCUT2D eigenvalue weighted by Gasteiger charge is -2.03. The van der Waals surface area contributed by atoms with Crippen LogP contribution in [0.25, 0.3) is 11.4 Å². The number of hydrogen-bond donors (Lipinski definition) is 1. The molecule has 0 saturated carbocycles. The minimum Gasteiger partial charge on any atom is -0.352 e. The maximum atomic E-state index is 11.9. The molecule has 2 heterocycles. The Balaban J connectivity index is 1.50. The largest absolute Gasteiger partial charge is 0.352 e. The molecular weight excluding hydrogens is 372 g/mol. The minimum absolute atomic E-state index is 0.0674. The molecule has 1 aromatic carbocycles. The van der Waals surface area contributed by atoms with E-state index in [9.17, 15) is 4.79 Å². The van der Waals surface area contributed by atoms with Gasteiger partial charge in [0.05, 0.1) is 0 Å². The monoisotopic (exact) mass is 386 g/mol. The summed E-state index contributed by atoms with van der Waals surface area (Å²) < 4.78 is 6.19. The molecule has 3 aromatic rings. The minimum atomic E-state index is -0.0674. The number of pyridine rings is 1. The van der Waals surface area contributed by atoms with Crippen LogP contribution in [0.1, 0.15) is 17.9 Å². The van der Waals surface area contributed by atoms with Gasteiger partial charge in [-0.15, -0.1) is 0 Å². The Morgan fingerprint density at radius 2 is 2.04 bits per heavy atom. The molecule has 0 bridgehead atoms. The summed E-state index contributed by atoms with van der Waals surface area (Å²) in [6, 6.07) is 11.4. The molecule has 0 fully saturated rings. The molecule has 7 heteroatoms. The van der Waals surface area contributed by atoms with Crippen LogP contribution in [-0.2, 0) is 17.8 Å². The van der Waals surface area contributed by atoms with Gasteiger partial charge in [0, 0.05) is 41.8 Å². The van der Waals surface area contributed by atoms with Crippen molar-refractivity contribution in [3.63, 3.8) is 0 Å². The van der Waals surface area contributed by atoms with Gasteiger partial charge in [0.15, 0.2) is 0 Å². The van der Waals surface area contributed by atoms with Crippen LogP contribution >= 0.6 is 15.9 Å². The number of amides is 1. The highest BCUT2D eigenvalue weighted by molar-refractivity contribution is 9.10. The SMILES string of the molecule is O=C(CCc1nc(-c2ccc(Br)cc2)no1)NCc1cccnc1. The third kappa shape index (κ3) is 4.48. The second kappa shape index (κ2) is 7.83. The van der Waals surface area contributed by atoms with E-state index in [2.05, 4.69) is 36.4 Å². The molecule has 3 rings (SSSR count). The predicted octanol–water partition coefficient (Wildman–Crippen LogP) is 3.14. The molecule has 0 saturated heterocycles. The Labute approximate surface area is 147 Å². The molecule has 24 heavy (non-hydrogen) atoms. The molecule has 0 spiro atoms. The number of carbonyl (C=O) groups is 1. The molecule has 122 valence electrons. The number of halogens is 1. The number of hydrogen-bond acceptors (Lipinski definition) is 5. The zero-order chi connectivity index (χ0) is 16.8. The smallest absolute Gasteiger partial charge is 0.227 e. The Kier molecular flexibility index (Phi) is 5.32. The van der Waals surface area contributed by atoms with Crippen molar-refractivity contribution in [2.45, 2.75) is 19.4 Å². The van der Waals surface area contributed by atoms with Crippen LogP contribution in [0.5, 0.6) is 0 Å². The van der Waals surface area contributed by atoms with Crippen LogP contribution in [0, 0.1) is 0 Å². The first-order chi connectivity index (χ1) is 11.7. The van der Waals surface area contributed by atoms with Gasteiger partial charge >= 0.3 is 0 Å². The summed E-state index contributed by atoms with van der Waals surface area (Å²) in [5, 5.41) is 6.79. The lowest BCUT2D eigenvalue weighted by atomic mass is 10.2. The average Bonchev–Trinajstić information content (AvgIpc) is 3.09. The molecule has 2 aromatic heterocycles. The van der Waals surface area contributed by atoms with E-state index in [1.54, 1.807) is 12.4 Å². The maximum Gasteiger partial charge on any atom is 0.227 e. The van der Waals surface area contributed by atoms with Crippen LogP contribution in [-0.4, -0.2) is 21.0 Å². The number of rotatable bonds is 6. The normalized spacial score (nSPS) is 10.5. The first-order valence-electron chi connectivity index (χ1n) is 7.45. The molecule has 0 unspecified atom stereocenters. The highest BCUT2D eigenvalue weighted by Crippen LogP contribution is 2.19. The van der Waals surface area contributed by atoms with E-state index >= 15 is 0 Å². The lowest BCUT2D eigenvalue weighted by molar-refractivity contribution is -0.121. The van der Waals surface area contributed by atoms with Gasteiger partial charge in [0.1, 0.15) is 0 Å². The molecule has 1 N–H and O–H groups in total. The van der Waals surface area contributed by atoms with E-state index in [1.807, 2.05) is 36.4 Å². The van der Waals surface area contributed by atoms with Gasteiger partial charge < -0.3 is 9.84 Å². The number of nitrogens with zero attached hydrogens (tertiary/aromatic N) is 3. The van der Waals surface area contributed by atoms with Crippen molar-refractivity contribution in [3.8, 4) is 11.4 Å². The highest BCUT2D eigenvalue weighted by atomic mass is 79.9. The summed E-state index contributed by atoms with van der Waals surface area (Å²) in [5.74, 6) is 0.903. The molecule has 1 amide bonds. The van der Waals surface area contributed by atoms with E-state index in [0.717, 1.165) is 15.6 Å². The van der Waals surface area contributed by atoms with Crippen molar-refractivity contribution in [2.24, 2.45) is 0 Å².